The maximum absolute atomic E-state index is 12.8. The number of ether oxygens (including phenoxy) is 2. The van der Waals surface area contributed by atoms with E-state index in [4.69, 9.17) is 9.47 Å². The highest BCUT2D eigenvalue weighted by molar-refractivity contribution is 6.05. The van der Waals surface area contributed by atoms with Crippen LogP contribution in [-0.2, 0) is 14.3 Å². The summed E-state index contributed by atoms with van der Waals surface area (Å²) in [7, 11) is 1.51. The third-order valence-corrected chi connectivity index (χ3v) is 5.53. The van der Waals surface area contributed by atoms with Crippen LogP contribution >= 0.6 is 0 Å². The minimum Gasteiger partial charge on any atom is -0.495 e. The average Bonchev–Trinajstić information content (AvgIpc) is 3.26. The van der Waals surface area contributed by atoms with Crippen LogP contribution < -0.4 is 9.64 Å². The number of aryl methyl sites for hydroxylation is 1. The Morgan fingerprint density at radius 3 is 2.48 bits per heavy atom. The Balaban J connectivity index is 1.71. The molecule has 8 nitrogen and oxygen atoms in total. The van der Waals surface area contributed by atoms with Crippen molar-refractivity contribution in [3.63, 3.8) is 0 Å². The summed E-state index contributed by atoms with van der Waals surface area (Å²) in [5.41, 5.74) is 2.44. The molecule has 1 aromatic heterocycles. The summed E-state index contributed by atoms with van der Waals surface area (Å²) in [6.07, 6.45) is -1.06. The number of nitrogens with one attached hydrogen (secondary N) is 1. The molecule has 2 atom stereocenters. The third kappa shape index (κ3) is 4.23. The molecule has 1 saturated heterocycles. The van der Waals surface area contributed by atoms with Gasteiger partial charge < -0.3 is 19.4 Å². The van der Waals surface area contributed by atoms with Crippen molar-refractivity contribution in [2.75, 3.05) is 18.6 Å². The highest BCUT2D eigenvalue weighted by Crippen LogP contribution is 2.33. The Morgan fingerprint density at radius 1 is 1.19 bits per heavy atom. The molecule has 0 unspecified atom stereocenters. The molecule has 1 aromatic carbocycles. The fourth-order valence-electron chi connectivity index (χ4n) is 4.00. The number of hydrogen-bond acceptors (Lipinski definition) is 6. The third-order valence-electron chi connectivity index (χ3n) is 5.53. The molecule has 1 N–H and O–H groups in total. The first kappa shape index (κ1) is 22.3. The zero-order valence-corrected chi connectivity index (χ0v) is 18.3. The highest BCUT2D eigenvalue weighted by Gasteiger charge is 2.38. The number of hydrogen-bond donors (Lipinski definition) is 1. The first-order chi connectivity index (χ1) is 14.6. The van der Waals surface area contributed by atoms with E-state index in [0.717, 1.165) is 0 Å². The van der Waals surface area contributed by atoms with Crippen molar-refractivity contribution in [2.24, 2.45) is 5.92 Å². The first-order valence-corrected chi connectivity index (χ1v) is 10.0. The van der Waals surface area contributed by atoms with Crippen LogP contribution in [0.1, 0.15) is 52.4 Å². The number of amides is 1. The number of carbonyl (C=O) groups excluding carboxylic acids is 4. The van der Waals surface area contributed by atoms with E-state index in [0.29, 0.717) is 28.3 Å². The van der Waals surface area contributed by atoms with Crippen molar-refractivity contribution >= 4 is 29.1 Å². The Bertz CT molecular complexity index is 1050. The number of Topliss-reactive ketones (excluding diaryl/α,β-unsaturated/α-hetero) is 2. The smallest absolute Gasteiger partial charge is 0.312 e. The Labute approximate surface area is 180 Å². The Hall–Kier alpha value is -3.42. The van der Waals surface area contributed by atoms with Crippen molar-refractivity contribution in [3.05, 3.63) is 46.8 Å². The molecule has 0 saturated carbocycles. The number of ketones is 2. The highest BCUT2D eigenvalue weighted by atomic mass is 16.5. The zero-order chi connectivity index (χ0) is 22.9. The Morgan fingerprint density at radius 2 is 1.87 bits per heavy atom. The number of benzene rings is 1. The van der Waals surface area contributed by atoms with Gasteiger partial charge in [-0.15, -0.1) is 0 Å². The molecule has 1 aliphatic heterocycles. The topological polar surface area (TPSA) is 106 Å². The first-order valence-electron chi connectivity index (χ1n) is 10.0. The molecule has 1 fully saturated rings. The number of esters is 1. The molecule has 8 heteroatoms. The monoisotopic (exact) mass is 426 g/mol. The van der Waals surface area contributed by atoms with E-state index in [2.05, 4.69) is 4.98 Å². The van der Waals surface area contributed by atoms with E-state index < -0.39 is 23.8 Å². The predicted molar refractivity (Wildman–Crippen MR) is 114 cm³/mol. The Kier molecular flexibility index (Phi) is 6.29. The summed E-state index contributed by atoms with van der Waals surface area (Å²) in [5, 5.41) is 0. The number of rotatable bonds is 7. The van der Waals surface area contributed by atoms with E-state index in [-0.39, 0.29) is 30.3 Å². The summed E-state index contributed by atoms with van der Waals surface area (Å²) >= 11 is 0. The van der Waals surface area contributed by atoms with E-state index in [1.165, 1.54) is 25.9 Å². The summed E-state index contributed by atoms with van der Waals surface area (Å²) in [5.74, 6) is -1.55. The van der Waals surface area contributed by atoms with E-state index in [1.807, 2.05) is 0 Å². The standard InChI is InChI=1S/C23H26N2O6/c1-12-20(14(3)26)13(2)24-21(12)22(28)15(4)31-23(29)16-10-19(27)25(11-16)17-8-6-7-9-18(17)30-5/h6-9,15-16,24H,10-11H2,1-5H3/t15-,16-/m1/s1. The van der Waals surface area contributed by atoms with Gasteiger partial charge in [0, 0.05) is 24.2 Å². The van der Waals surface area contributed by atoms with Gasteiger partial charge in [0.1, 0.15) is 5.75 Å². The van der Waals surface area contributed by atoms with Gasteiger partial charge in [0.2, 0.25) is 11.7 Å². The lowest BCUT2D eigenvalue weighted by Gasteiger charge is -2.19. The second-order valence-corrected chi connectivity index (χ2v) is 7.70. The number of para-hydroxylation sites is 2. The van der Waals surface area contributed by atoms with Crippen molar-refractivity contribution in [1.29, 1.82) is 0 Å². The molecule has 164 valence electrons. The van der Waals surface area contributed by atoms with Crippen LogP contribution in [-0.4, -0.2) is 48.2 Å². The van der Waals surface area contributed by atoms with Crippen molar-refractivity contribution < 1.29 is 28.7 Å². The zero-order valence-electron chi connectivity index (χ0n) is 18.3. The van der Waals surface area contributed by atoms with Gasteiger partial charge in [0.15, 0.2) is 11.9 Å². The van der Waals surface area contributed by atoms with Crippen LogP contribution in [0.15, 0.2) is 24.3 Å². The molecule has 0 radical (unpaired) electrons. The lowest BCUT2D eigenvalue weighted by molar-refractivity contribution is -0.151. The van der Waals surface area contributed by atoms with Crippen molar-refractivity contribution in [3.8, 4) is 5.75 Å². The number of aromatic amines is 1. The number of methoxy groups -OCH3 is 1. The summed E-state index contributed by atoms with van der Waals surface area (Å²) in [6.45, 7) is 6.47. The van der Waals surface area contributed by atoms with Gasteiger partial charge in [-0.05, 0) is 45.4 Å². The molecule has 0 bridgehead atoms. The molecule has 31 heavy (non-hydrogen) atoms. The van der Waals surface area contributed by atoms with Gasteiger partial charge in [-0.3, -0.25) is 19.2 Å². The molecule has 1 amide bonds. The number of aromatic nitrogens is 1. The normalized spacial score (nSPS) is 16.9. The SMILES string of the molecule is COc1ccccc1N1C[C@H](C(=O)O[C@H](C)C(=O)c2[nH]c(C)c(C(C)=O)c2C)CC1=O. The lowest BCUT2D eigenvalue weighted by atomic mass is 10.0. The predicted octanol–water partition coefficient (Wildman–Crippen LogP) is 3.01. The molecule has 2 aromatic rings. The molecule has 1 aliphatic rings. The molecule has 0 spiro atoms. The summed E-state index contributed by atoms with van der Waals surface area (Å²) < 4.78 is 10.7. The van der Waals surface area contributed by atoms with Crippen LogP contribution in [0.5, 0.6) is 5.75 Å². The van der Waals surface area contributed by atoms with Crippen LogP contribution in [0, 0.1) is 19.8 Å². The lowest BCUT2D eigenvalue weighted by Crippen LogP contribution is -2.31. The summed E-state index contributed by atoms with van der Waals surface area (Å²) in [4.78, 5) is 54.2. The number of anilines is 1. The molecule has 3 rings (SSSR count). The van der Waals surface area contributed by atoms with Crippen LogP contribution in [0.2, 0.25) is 0 Å². The maximum atomic E-state index is 12.8. The van der Waals surface area contributed by atoms with E-state index >= 15 is 0 Å². The fraction of sp³-hybridized carbons (Fsp3) is 0.391. The van der Waals surface area contributed by atoms with Gasteiger partial charge in [-0.1, -0.05) is 12.1 Å². The minimum atomic E-state index is -1.06. The number of nitrogens with zero attached hydrogens (tertiary/aromatic N) is 1. The fourth-order valence-corrected chi connectivity index (χ4v) is 4.00. The van der Waals surface area contributed by atoms with Crippen molar-refractivity contribution in [2.45, 2.75) is 40.2 Å². The van der Waals surface area contributed by atoms with Crippen molar-refractivity contribution in [1.82, 2.24) is 4.98 Å². The average molecular weight is 426 g/mol. The number of H-pyrrole nitrogens is 1. The van der Waals surface area contributed by atoms with Crippen LogP contribution in [0.25, 0.3) is 0 Å². The summed E-state index contributed by atoms with van der Waals surface area (Å²) in [6, 6.07) is 7.07. The van der Waals surface area contributed by atoms with Crippen LogP contribution in [0.4, 0.5) is 5.69 Å². The number of carbonyl (C=O) groups is 4. The maximum Gasteiger partial charge on any atom is 0.312 e. The van der Waals surface area contributed by atoms with E-state index in [9.17, 15) is 19.2 Å². The molecular weight excluding hydrogens is 400 g/mol. The second-order valence-electron chi connectivity index (χ2n) is 7.70. The van der Waals surface area contributed by atoms with Gasteiger partial charge in [-0.2, -0.15) is 0 Å². The van der Waals surface area contributed by atoms with Gasteiger partial charge >= 0.3 is 5.97 Å². The largest absolute Gasteiger partial charge is 0.495 e. The van der Waals surface area contributed by atoms with Crippen LogP contribution in [0.3, 0.4) is 0 Å². The molecule has 2 heterocycles. The molecular formula is C23H26N2O6. The second kappa shape index (κ2) is 8.75. The minimum absolute atomic E-state index is 0.00703. The van der Waals surface area contributed by atoms with E-state index in [1.54, 1.807) is 38.1 Å². The van der Waals surface area contributed by atoms with Gasteiger partial charge in [-0.25, -0.2) is 0 Å². The van der Waals surface area contributed by atoms with Gasteiger partial charge in [0.25, 0.3) is 0 Å². The van der Waals surface area contributed by atoms with Gasteiger partial charge in [0.05, 0.1) is 24.4 Å². The molecule has 0 aliphatic carbocycles. The quantitative estimate of drug-likeness (QED) is 0.539.